The zero-order valence-corrected chi connectivity index (χ0v) is 17.2. The summed E-state index contributed by atoms with van der Waals surface area (Å²) in [7, 11) is 0. The molecule has 30 heavy (non-hydrogen) atoms. The first-order valence-corrected chi connectivity index (χ1v) is 10.2. The molecule has 0 aliphatic heterocycles. The third-order valence-electron chi connectivity index (χ3n) is 5.00. The van der Waals surface area contributed by atoms with E-state index in [0.717, 1.165) is 24.0 Å². The molecule has 0 aromatic heterocycles. The lowest BCUT2D eigenvalue weighted by Crippen LogP contribution is -2.01. The van der Waals surface area contributed by atoms with Crippen molar-refractivity contribution in [3.05, 3.63) is 101 Å². The maximum atomic E-state index is 14.6. The van der Waals surface area contributed by atoms with Crippen LogP contribution in [0.15, 0.2) is 66.9 Å². The molecule has 156 valence electrons. The summed E-state index contributed by atoms with van der Waals surface area (Å²) in [6.07, 6.45) is 5.43. The highest BCUT2D eigenvalue weighted by atomic mass is 19.2. The number of halogens is 3. The van der Waals surface area contributed by atoms with E-state index in [2.05, 4.69) is 19.1 Å². The lowest BCUT2D eigenvalue weighted by Gasteiger charge is -2.10. The van der Waals surface area contributed by atoms with Gasteiger partial charge >= 0.3 is 0 Å². The monoisotopic (exact) mass is 410 g/mol. The average molecular weight is 410 g/mol. The third-order valence-corrected chi connectivity index (χ3v) is 5.00. The molecule has 0 bridgehead atoms. The van der Waals surface area contributed by atoms with Crippen LogP contribution in [0, 0.1) is 17.5 Å². The fourth-order valence-corrected chi connectivity index (χ4v) is 3.35. The number of ether oxygens (including phenoxy) is 1. The van der Waals surface area contributed by atoms with E-state index in [9.17, 15) is 13.2 Å². The lowest BCUT2D eigenvalue weighted by molar-refractivity contribution is 0.411. The van der Waals surface area contributed by atoms with Crippen molar-refractivity contribution in [2.75, 3.05) is 0 Å². The summed E-state index contributed by atoms with van der Waals surface area (Å²) in [5.74, 6) is -2.51. The van der Waals surface area contributed by atoms with Gasteiger partial charge in [0.15, 0.2) is 11.6 Å². The second-order valence-corrected chi connectivity index (χ2v) is 7.19. The van der Waals surface area contributed by atoms with Gasteiger partial charge in [0.25, 0.3) is 0 Å². The Morgan fingerprint density at radius 1 is 0.767 bits per heavy atom. The van der Waals surface area contributed by atoms with Crippen LogP contribution in [0.5, 0.6) is 5.75 Å². The molecule has 0 radical (unpaired) electrons. The molecule has 4 heteroatoms. The Bertz CT molecular complexity index is 1020. The summed E-state index contributed by atoms with van der Waals surface area (Å²) >= 11 is 0. The second kappa shape index (κ2) is 10.1. The molecular formula is C26H25F3O. The van der Waals surface area contributed by atoms with Crippen molar-refractivity contribution >= 4 is 0 Å². The van der Waals surface area contributed by atoms with Crippen molar-refractivity contribution in [1.82, 2.24) is 0 Å². The Morgan fingerprint density at radius 2 is 1.43 bits per heavy atom. The predicted molar refractivity (Wildman–Crippen MR) is 115 cm³/mol. The Morgan fingerprint density at radius 3 is 2.10 bits per heavy atom. The van der Waals surface area contributed by atoms with Crippen LogP contribution in [0.2, 0.25) is 0 Å². The average Bonchev–Trinajstić information content (AvgIpc) is 2.75. The highest BCUT2D eigenvalue weighted by Crippen LogP contribution is 2.26. The molecule has 0 unspecified atom stereocenters. The van der Waals surface area contributed by atoms with Crippen molar-refractivity contribution in [3.8, 4) is 16.9 Å². The third kappa shape index (κ3) is 5.12. The minimum Gasteiger partial charge on any atom is -0.462 e. The molecule has 3 aromatic carbocycles. The summed E-state index contributed by atoms with van der Waals surface area (Å²) in [5.41, 5.74) is 3.66. The molecule has 0 heterocycles. The Balaban J connectivity index is 1.71. The van der Waals surface area contributed by atoms with Crippen LogP contribution in [0.4, 0.5) is 13.2 Å². The van der Waals surface area contributed by atoms with Crippen LogP contribution in [0.25, 0.3) is 11.1 Å². The minimum absolute atomic E-state index is 0.171. The highest BCUT2D eigenvalue weighted by molar-refractivity contribution is 5.64. The second-order valence-electron chi connectivity index (χ2n) is 7.19. The van der Waals surface area contributed by atoms with E-state index in [1.54, 1.807) is 19.1 Å². The van der Waals surface area contributed by atoms with Crippen LogP contribution in [-0.2, 0) is 19.3 Å². The van der Waals surface area contributed by atoms with Gasteiger partial charge in [-0.25, -0.2) is 8.78 Å². The number of benzene rings is 3. The van der Waals surface area contributed by atoms with Gasteiger partial charge in [-0.1, -0.05) is 61.9 Å². The predicted octanol–water partition coefficient (Wildman–Crippen LogP) is 7.42. The van der Waals surface area contributed by atoms with Crippen molar-refractivity contribution < 1.29 is 17.9 Å². The van der Waals surface area contributed by atoms with Gasteiger partial charge in [0, 0.05) is 0 Å². The molecule has 0 spiro atoms. The normalized spacial score (nSPS) is 11.2. The molecule has 3 aromatic rings. The summed E-state index contributed by atoms with van der Waals surface area (Å²) in [5, 5.41) is 0. The van der Waals surface area contributed by atoms with Gasteiger partial charge in [-0.3, -0.25) is 0 Å². The number of rotatable bonds is 8. The number of allylic oxidation sites excluding steroid dienone is 1. The summed E-state index contributed by atoms with van der Waals surface area (Å²) in [6, 6.07) is 16.0. The van der Waals surface area contributed by atoms with E-state index in [1.165, 1.54) is 30.0 Å². The molecule has 0 N–H and O–H groups in total. The highest BCUT2D eigenvalue weighted by Gasteiger charge is 2.15. The van der Waals surface area contributed by atoms with Gasteiger partial charge in [-0.05, 0) is 66.1 Å². The number of aryl methyl sites for hydroxylation is 3. The van der Waals surface area contributed by atoms with E-state index in [4.69, 9.17) is 4.74 Å². The standard InChI is InChI=1S/C26H25F3O/c1-3-5-18-6-8-19(9-7-18)22-13-11-20(23(27)17-22)10-12-21-14-15-24(30-16-4-2)26(29)25(21)28/h4,6-9,11,13-17H,3,5,10,12H2,1-2H3/b16-4+. The quantitative estimate of drug-likeness (QED) is 0.351. The maximum Gasteiger partial charge on any atom is 0.201 e. The minimum atomic E-state index is -1.03. The topological polar surface area (TPSA) is 9.23 Å². The molecule has 0 fully saturated rings. The summed E-state index contributed by atoms with van der Waals surface area (Å²) in [6.45, 7) is 3.85. The first-order valence-electron chi connectivity index (χ1n) is 10.2. The van der Waals surface area contributed by atoms with E-state index >= 15 is 0 Å². The van der Waals surface area contributed by atoms with Crippen molar-refractivity contribution in [2.45, 2.75) is 39.5 Å². The molecular weight excluding hydrogens is 385 g/mol. The van der Waals surface area contributed by atoms with Crippen LogP contribution in [0.1, 0.15) is 37.0 Å². The number of hydrogen-bond acceptors (Lipinski definition) is 1. The Hall–Kier alpha value is -3.01. The molecule has 0 atom stereocenters. The van der Waals surface area contributed by atoms with Crippen LogP contribution in [-0.4, -0.2) is 0 Å². The van der Waals surface area contributed by atoms with Gasteiger partial charge in [-0.2, -0.15) is 4.39 Å². The van der Waals surface area contributed by atoms with E-state index in [-0.39, 0.29) is 30.0 Å². The maximum absolute atomic E-state index is 14.6. The lowest BCUT2D eigenvalue weighted by atomic mass is 9.98. The summed E-state index contributed by atoms with van der Waals surface area (Å²) in [4.78, 5) is 0. The SMILES string of the molecule is C/C=C/Oc1ccc(CCc2ccc(-c3ccc(CCC)cc3)cc2F)c(F)c1F. The van der Waals surface area contributed by atoms with Gasteiger partial charge in [0.05, 0.1) is 6.26 Å². The van der Waals surface area contributed by atoms with Crippen LogP contribution < -0.4 is 4.74 Å². The van der Waals surface area contributed by atoms with E-state index in [1.807, 2.05) is 18.2 Å². The fraction of sp³-hybridized carbons (Fsp3) is 0.231. The summed E-state index contributed by atoms with van der Waals surface area (Å²) < 4.78 is 48.0. The van der Waals surface area contributed by atoms with E-state index in [0.29, 0.717) is 5.56 Å². The first-order chi connectivity index (χ1) is 14.5. The van der Waals surface area contributed by atoms with Gasteiger partial charge in [-0.15, -0.1) is 0 Å². The van der Waals surface area contributed by atoms with Crippen molar-refractivity contribution in [1.29, 1.82) is 0 Å². The van der Waals surface area contributed by atoms with Gasteiger partial charge in [0.2, 0.25) is 5.82 Å². The van der Waals surface area contributed by atoms with Crippen LogP contribution >= 0.6 is 0 Å². The van der Waals surface area contributed by atoms with E-state index < -0.39 is 11.6 Å². The van der Waals surface area contributed by atoms with Crippen molar-refractivity contribution in [2.24, 2.45) is 0 Å². The smallest absolute Gasteiger partial charge is 0.201 e. The molecule has 1 nitrogen and oxygen atoms in total. The molecule has 3 rings (SSSR count). The van der Waals surface area contributed by atoms with Gasteiger partial charge in [0.1, 0.15) is 5.82 Å². The van der Waals surface area contributed by atoms with Gasteiger partial charge < -0.3 is 4.74 Å². The Kier molecular flexibility index (Phi) is 7.34. The molecule has 0 aliphatic carbocycles. The Labute approximate surface area is 175 Å². The molecule has 0 saturated heterocycles. The molecule has 0 saturated carbocycles. The zero-order chi connectivity index (χ0) is 21.5. The number of hydrogen-bond donors (Lipinski definition) is 0. The first kappa shape index (κ1) is 21.7. The zero-order valence-electron chi connectivity index (χ0n) is 17.2. The molecule has 0 amide bonds. The fourth-order valence-electron chi connectivity index (χ4n) is 3.35. The van der Waals surface area contributed by atoms with Crippen LogP contribution in [0.3, 0.4) is 0 Å². The molecule has 0 aliphatic rings. The van der Waals surface area contributed by atoms with Crippen molar-refractivity contribution in [3.63, 3.8) is 0 Å². The largest absolute Gasteiger partial charge is 0.462 e.